The molecule has 120 valence electrons. The lowest BCUT2D eigenvalue weighted by atomic mass is 9.96. The lowest BCUT2D eigenvalue weighted by Crippen LogP contribution is -2.50. The SMILES string of the molecule is Cc1ccc(C(C)(O[Si](C)(C)C(C)(C)C)C(F)F)c(Br)c1. The summed E-state index contributed by atoms with van der Waals surface area (Å²) in [6.45, 7) is 13.6. The third-order valence-corrected chi connectivity index (χ3v) is 9.55. The molecule has 0 aliphatic carbocycles. The van der Waals surface area contributed by atoms with Gasteiger partial charge in [0.15, 0.2) is 8.32 Å². The first-order valence-electron chi connectivity index (χ1n) is 7.06. The van der Waals surface area contributed by atoms with E-state index in [4.69, 9.17) is 4.43 Å². The zero-order valence-corrected chi connectivity index (χ0v) is 16.4. The molecule has 5 heteroatoms. The van der Waals surface area contributed by atoms with Crippen molar-refractivity contribution in [1.82, 2.24) is 0 Å². The molecule has 1 rings (SSSR count). The Balaban J connectivity index is 3.33. The fourth-order valence-corrected chi connectivity index (χ4v) is 4.38. The Labute approximate surface area is 136 Å². The molecular formula is C16H25BrF2OSi. The zero-order chi connectivity index (χ0) is 16.6. The van der Waals surface area contributed by atoms with E-state index in [1.54, 1.807) is 6.07 Å². The van der Waals surface area contributed by atoms with Crippen molar-refractivity contribution in [3.8, 4) is 0 Å². The summed E-state index contributed by atoms with van der Waals surface area (Å²) in [5.74, 6) is 0. The average molecular weight is 379 g/mol. The summed E-state index contributed by atoms with van der Waals surface area (Å²) in [4.78, 5) is 0. The molecule has 1 aromatic carbocycles. The lowest BCUT2D eigenvalue weighted by Gasteiger charge is -2.44. The minimum atomic E-state index is -2.59. The second kappa shape index (κ2) is 6.09. The van der Waals surface area contributed by atoms with Crippen molar-refractivity contribution in [2.45, 2.75) is 64.8 Å². The molecule has 0 saturated carbocycles. The van der Waals surface area contributed by atoms with E-state index >= 15 is 0 Å². The number of alkyl halides is 2. The van der Waals surface area contributed by atoms with Gasteiger partial charge in [0.05, 0.1) is 0 Å². The van der Waals surface area contributed by atoms with E-state index in [1.807, 2.05) is 32.2 Å². The topological polar surface area (TPSA) is 9.23 Å². The Morgan fingerprint density at radius 1 is 1.14 bits per heavy atom. The van der Waals surface area contributed by atoms with Crippen LogP contribution in [0.3, 0.4) is 0 Å². The van der Waals surface area contributed by atoms with Gasteiger partial charge in [0.25, 0.3) is 6.43 Å². The Morgan fingerprint density at radius 2 is 1.67 bits per heavy atom. The molecule has 1 nitrogen and oxygen atoms in total. The van der Waals surface area contributed by atoms with E-state index in [2.05, 4.69) is 36.7 Å². The van der Waals surface area contributed by atoms with Crippen molar-refractivity contribution in [1.29, 1.82) is 0 Å². The van der Waals surface area contributed by atoms with Crippen LogP contribution in [0.5, 0.6) is 0 Å². The fraction of sp³-hybridized carbons (Fsp3) is 0.625. The first-order valence-corrected chi connectivity index (χ1v) is 10.8. The molecule has 0 aliphatic rings. The van der Waals surface area contributed by atoms with E-state index < -0.39 is 20.3 Å². The Bertz CT molecular complexity index is 511. The van der Waals surface area contributed by atoms with Gasteiger partial charge in [-0.3, -0.25) is 0 Å². The molecule has 1 aromatic rings. The van der Waals surface area contributed by atoms with Gasteiger partial charge >= 0.3 is 0 Å². The van der Waals surface area contributed by atoms with E-state index in [0.29, 0.717) is 10.0 Å². The molecule has 1 unspecified atom stereocenters. The highest BCUT2D eigenvalue weighted by molar-refractivity contribution is 9.10. The largest absolute Gasteiger partial charge is 0.402 e. The number of benzene rings is 1. The summed E-state index contributed by atoms with van der Waals surface area (Å²) >= 11 is 3.41. The van der Waals surface area contributed by atoms with Gasteiger partial charge in [-0.1, -0.05) is 48.8 Å². The predicted molar refractivity (Wildman–Crippen MR) is 90.5 cm³/mol. The van der Waals surface area contributed by atoms with Crippen LogP contribution < -0.4 is 0 Å². The van der Waals surface area contributed by atoms with Crippen molar-refractivity contribution < 1.29 is 13.2 Å². The molecular weight excluding hydrogens is 354 g/mol. The van der Waals surface area contributed by atoms with E-state index in [9.17, 15) is 8.78 Å². The summed E-state index contributed by atoms with van der Waals surface area (Å²) in [5, 5.41) is -0.125. The molecule has 0 saturated heterocycles. The van der Waals surface area contributed by atoms with Crippen molar-refractivity contribution in [2.75, 3.05) is 0 Å². The smallest absolute Gasteiger partial charge is 0.269 e. The molecule has 0 heterocycles. The number of hydrogen-bond donors (Lipinski definition) is 0. The van der Waals surface area contributed by atoms with Crippen molar-refractivity contribution in [2.24, 2.45) is 0 Å². The van der Waals surface area contributed by atoms with Crippen molar-refractivity contribution in [3.05, 3.63) is 33.8 Å². The molecule has 0 N–H and O–H groups in total. The maximum Gasteiger partial charge on any atom is 0.269 e. The van der Waals surface area contributed by atoms with Crippen LogP contribution >= 0.6 is 15.9 Å². The summed E-state index contributed by atoms with van der Waals surface area (Å²) in [5.41, 5.74) is -0.0716. The van der Waals surface area contributed by atoms with Gasteiger partial charge in [-0.2, -0.15) is 0 Å². The summed E-state index contributed by atoms with van der Waals surface area (Å²) in [6.07, 6.45) is -2.59. The van der Waals surface area contributed by atoms with Crippen molar-refractivity contribution in [3.63, 3.8) is 0 Å². The highest BCUT2D eigenvalue weighted by atomic mass is 79.9. The van der Waals surface area contributed by atoms with Crippen LogP contribution in [0.4, 0.5) is 8.78 Å². The van der Waals surface area contributed by atoms with Gasteiger partial charge in [0.1, 0.15) is 5.60 Å². The van der Waals surface area contributed by atoms with E-state index in [1.165, 1.54) is 6.92 Å². The number of rotatable bonds is 4. The summed E-state index contributed by atoms with van der Waals surface area (Å²) < 4.78 is 34.5. The van der Waals surface area contributed by atoms with Crippen LogP contribution in [-0.4, -0.2) is 14.7 Å². The van der Waals surface area contributed by atoms with Gasteiger partial charge in [-0.25, -0.2) is 8.78 Å². The molecule has 0 spiro atoms. The second-order valence-corrected chi connectivity index (χ2v) is 12.8. The number of halogens is 3. The molecule has 0 aliphatic heterocycles. The number of hydrogen-bond acceptors (Lipinski definition) is 1. The van der Waals surface area contributed by atoms with Crippen LogP contribution in [0.1, 0.15) is 38.8 Å². The maximum atomic E-state index is 13.8. The summed E-state index contributed by atoms with van der Waals surface area (Å²) in [6, 6.07) is 5.43. The second-order valence-electron chi connectivity index (χ2n) is 7.25. The first kappa shape index (κ1) is 18.8. The quantitative estimate of drug-likeness (QED) is 0.561. The Kier molecular flexibility index (Phi) is 5.45. The monoisotopic (exact) mass is 378 g/mol. The van der Waals surface area contributed by atoms with E-state index in [0.717, 1.165) is 5.56 Å². The molecule has 0 aromatic heterocycles. The first-order chi connectivity index (χ1) is 9.31. The normalized spacial score (nSPS) is 16.1. The summed E-state index contributed by atoms with van der Waals surface area (Å²) in [7, 11) is -2.32. The van der Waals surface area contributed by atoms with Crippen LogP contribution in [0, 0.1) is 6.92 Å². The molecule has 0 fully saturated rings. The highest BCUT2D eigenvalue weighted by Gasteiger charge is 2.48. The molecule has 0 radical (unpaired) electrons. The Morgan fingerprint density at radius 3 is 2.05 bits per heavy atom. The standard InChI is InChI=1S/C16H25BrF2OSi/c1-11-8-9-12(13(17)10-11)16(5,14(18)19)20-21(6,7)15(2,3)4/h8-10,14H,1-7H3. The van der Waals surface area contributed by atoms with Crippen LogP contribution in [-0.2, 0) is 10.0 Å². The lowest BCUT2D eigenvalue weighted by molar-refractivity contribution is -0.0782. The van der Waals surface area contributed by atoms with Gasteiger partial charge in [-0.05, 0) is 43.6 Å². The Hall–Kier alpha value is -0.263. The molecule has 1 atom stereocenters. The van der Waals surface area contributed by atoms with Gasteiger partial charge in [0, 0.05) is 10.0 Å². The van der Waals surface area contributed by atoms with Crippen LogP contribution in [0.15, 0.2) is 22.7 Å². The fourth-order valence-electron chi connectivity index (χ4n) is 1.92. The van der Waals surface area contributed by atoms with E-state index in [-0.39, 0.29) is 5.04 Å². The molecule has 0 bridgehead atoms. The predicted octanol–water partition coefficient (Wildman–Crippen LogP) is 6.26. The van der Waals surface area contributed by atoms with Crippen molar-refractivity contribution >= 4 is 24.2 Å². The van der Waals surface area contributed by atoms with Gasteiger partial charge in [-0.15, -0.1) is 0 Å². The number of aryl methyl sites for hydroxylation is 1. The third kappa shape index (κ3) is 3.93. The van der Waals surface area contributed by atoms with Gasteiger partial charge in [0.2, 0.25) is 0 Å². The van der Waals surface area contributed by atoms with Gasteiger partial charge < -0.3 is 4.43 Å². The third-order valence-electron chi connectivity index (χ3n) is 4.35. The average Bonchev–Trinajstić information content (AvgIpc) is 2.25. The maximum absolute atomic E-state index is 13.8. The molecule has 21 heavy (non-hydrogen) atoms. The highest BCUT2D eigenvalue weighted by Crippen LogP contribution is 2.45. The minimum Gasteiger partial charge on any atom is -0.402 e. The molecule has 0 amide bonds. The van der Waals surface area contributed by atoms with Crippen LogP contribution in [0.25, 0.3) is 0 Å². The zero-order valence-electron chi connectivity index (χ0n) is 13.9. The minimum absolute atomic E-state index is 0.125. The van der Waals surface area contributed by atoms with Crippen LogP contribution in [0.2, 0.25) is 18.1 Å².